The topological polar surface area (TPSA) is 66.2 Å². The number of aromatic nitrogens is 1. The minimum absolute atomic E-state index is 0. The fourth-order valence-corrected chi connectivity index (χ4v) is 1.34. The van der Waals surface area contributed by atoms with Crippen LogP contribution in [0.4, 0.5) is 0 Å². The summed E-state index contributed by atoms with van der Waals surface area (Å²) in [5.74, 6) is -1.00. The van der Waals surface area contributed by atoms with Crippen molar-refractivity contribution in [3.63, 3.8) is 0 Å². The van der Waals surface area contributed by atoms with Crippen LogP contribution >= 0.6 is 12.2 Å². The molecule has 1 heterocycles. The second kappa shape index (κ2) is 4.01. The van der Waals surface area contributed by atoms with Crippen LogP contribution < -0.4 is 0 Å². The second-order valence-corrected chi connectivity index (χ2v) is 2.87. The number of aromatic carboxylic acids is 1. The predicted molar refractivity (Wildman–Crippen MR) is 55.5 cm³/mol. The summed E-state index contributed by atoms with van der Waals surface area (Å²) in [5, 5.41) is 8.80. The third-order valence-electron chi connectivity index (χ3n) is 1.69. The molecule has 2 rings (SSSR count). The van der Waals surface area contributed by atoms with Crippen LogP contribution in [0.5, 0.6) is 0 Å². The van der Waals surface area contributed by atoms with Crippen LogP contribution in [0.3, 0.4) is 0 Å². The summed E-state index contributed by atoms with van der Waals surface area (Å²) >= 11 is 4.74. The van der Waals surface area contributed by atoms with E-state index in [1.54, 1.807) is 12.1 Å². The molecular formula is C8H6LiNO3S. The first-order valence-electron chi connectivity index (χ1n) is 3.53. The molecule has 6 heteroatoms. The Hall–Kier alpha value is -1.02. The van der Waals surface area contributed by atoms with Crippen LogP contribution in [0.1, 0.15) is 10.4 Å². The molecule has 0 radical (unpaired) electrons. The molecule has 0 saturated heterocycles. The summed E-state index contributed by atoms with van der Waals surface area (Å²) in [7, 11) is 0. The van der Waals surface area contributed by atoms with Crippen LogP contribution in [0.15, 0.2) is 22.6 Å². The van der Waals surface area contributed by atoms with Crippen LogP contribution in [0.2, 0.25) is 0 Å². The zero-order valence-electron chi connectivity index (χ0n) is 6.40. The van der Waals surface area contributed by atoms with Gasteiger partial charge in [-0.2, -0.15) is 0 Å². The van der Waals surface area contributed by atoms with Crippen LogP contribution in [0.25, 0.3) is 11.1 Å². The van der Waals surface area contributed by atoms with E-state index in [0.29, 0.717) is 11.1 Å². The van der Waals surface area contributed by atoms with E-state index in [1.807, 2.05) is 0 Å². The van der Waals surface area contributed by atoms with Crippen molar-refractivity contribution in [2.75, 3.05) is 0 Å². The molecule has 0 aliphatic rings. The number of fused-ring (bicyclic) bond motifs is 1. The van der Waals surface area contributed by atoms with Gasteiger partial charge in [0.05, 0.1) is 11.1 Å². The summed E-state index contributed by atoms with van der Waals surface area (Å²) in [6.07, 6.45) is 0. The van der Waals surface area contributed by atoms with Gasteiger partial charge in [-0.3, -0.25) is 0 Å². The number of rotatable bonds is 1. The summed E-state index contributed by atoms with van der Waals surface area (Å²) in [5.41, 5.74) is 1.06. The first-order chi connectivity index (χ1) is 6.18. The van der Waals surface area contributed by atoms with Gasteiger partial charge in [0.15, 0.2) is 5.58 Å². The van der Waals surface area contributed by atoms with Crippen molar-refractivity contribution >= 4 is 48.1 Å². The van der Waals surface area contributed by atoms with Gasteiger partial charge < -0.3 is 14.5 Å². The summed E-state index contributed by atoms with van der Waals surface area (Å²) in [6, 6.07) is 4.76. The monoisotopic (exact) mass is 203 g/mol. The number of nitrogens with one attached hydrogen (secondary N) is 1. The van der Waals surface area contributed by atoms with Crippen LogP contribution in [-0.4, -0.2) is 34.9 Å². The van der Waals surface area contributed by atoms with Crippen molar-refractivity contribution in [1.29, 1.82) is 0 Å². The van der Waals surface area contributed by atoms with E-state index in [1.165, 1.54) is 6.07 Å². The van der Waals surface area contributed by atoms with Crippen molar-refractivity contribution in [2.24, 2.45) is 0 Å². The third-order valence-corrected chi connectivity index (χ3v) is 1.87. The SMILES string of the molecule is O=C(O)c1cccc2oc(=S)[nH]c12.[LiH]. The molecule has 0 spiro atoms. The van der Waals surface area contributed by atoms with E-state index < -0.39 is 5.97 Å². The van der Waals surface area contributed by atoms with Crippen molar-refractivity contribution in [3.8, 4) is 0 Å². The maximum absolute atomic E-state index is 10.7. The van der Waals surface area contributed by atoms with Gasteiger partial charge in [0.25, 0.3) is 4.84 Å². The number of oxazole rings is 1. The van der Waals surface area contributed by atoms with E-state index in [9.17, 15) is 4.79 Å². The number of hydrogen-bond acceptors (Lipinski definition) is 3. The normalized spacial score (nSPS) is 9.71. The van der Waals surface area contributed by atoms with Gasteiger partial charge in [-0.05, 0) is 24.4 Å². The molecule has 2 aromatic rings. The quantitative estimate of drug-likeness (QED) is 0.545. The summed E-state index contributed by atoms with van der Waals surface area (Å²) in [4.78, 5) is 13.6. The Balaban J connectivity index is 0.000000980. The molecule has 1 aromatic heterocycles. The number of hydrogen-bond donors (Lipinski definition) is 2. The number of aromatic amines is 1. The first-order valence-corrected chi connectivity index (χ1v) is 3.94. The maximum atomic E-state index is 10.7. The average molecular weight is 203 g/mol. The number of para-hydroxylation sites is 1. The molecule has 0 aliphatic heterocycles. The van der Waals surface area contributed by atoms with Gasteiger partial charge >= 0.3 is 24.8 Å². The van der Waals surface area contributed by atoms with Gasteiger partial charge in [-0.25, -0.2) is 4.79 Å². The molecule has 0 atom stereocenters. The number of H-pyrrole nitrogens is 1. The first kappa shape index (κ1) is 11.1. The molecule has 0 saturated carbocycles. The fraction of sp³-hybridized carbons (Fsp3) is 0. The van der Waals surface area contributed by atoms with E-state index in [-0.39, 0.29) is 29.3 Å². The molecule has 0 bridgehead atoms. The number of carboxylic acids is 1. The zero-order chi connectivity index (χ0) is 9.42. The predicted octanol–water partition coefficient (Wildman–Crippen LogP) is 1.54. The van der Waals surface area contributed by atoms with Gasteiger partial charge in [0.2, 0.25) is 0 Å². The molecule has 2 N–H and O–H groups in total. The Morgan fingerprint density at radius 3 is 2.86 bits per heavy atom. The number of carbonyl (C=O) groups is 1. The van der Waals surface area contributed by atoms with Crippen LogP contribution in [0, 0.1) is 4.84 Å². The Morgan fingerprint density at radius 2 is 2.21 bits per heavy atom. The summed E-state index contributed by atoms with van der Waals surface area (Å²) in [6.45, 7) is 0. The van der Waals surface area contributed by atoms with Gasteiger partial charge in [-0.1, -0.05) is 6.07 Å². The third kappa shape index (κ3) is 1.75. The molecule has 68 valence electrons. The van der Waals surface area contributed by atoms with Gasteiger partial charge in [0, 0.05) is 0 Å². The molecule has 14 heavy (non-hydrogen) atoms. The second-order valence-electron chi connectivity index (χ2n) is 2.50. The van der Waals surface area contributed by atoms with Gasteiger partial charge in [-0.15, -0.1) is 0 Å². The van der Waals surface area contributed by atoms with E-state index >= 15 is 0 Å². The Bertz CT molecular complexity index is 531. The molecule has 0 unspecified atom stereocenters. The van der Waals surface area contributed by atoms with E-state index in [4.69, 9.17) is 21.7 Å². The molecule has 0 fully saturated rings. The standard InChI is InChI=1S/C8H5NO3S.Li.H/c10-7(11)4-2-1-3-5-6(4)9-8(13)12-5;;/h1-3H,(H,9,13)(H,10,11);;. The minimum atomic E-state index is -1.00. The zero-order valence-corrected chi connectivity index (χ0v) is 7.22. The fourth-order valence-electron chi connectivity index (χ4n) is 1.15. The Labute approximate surface area is 96.1 Å². The van der Waals surface area contributed by atoms with Crippen molar-refractivity contribution < 1.29 is 14.3 Å². The Kier molecular flexibility index (Phi) is 3.16. The van der Waals surface area contributed by atoms with E-state index in [2.05, 4.69) is 4.98 Å². The molecule has 0 amide bonds. The molecular weight excluding hydrogens is 197 g/mol. The van der Waals surface area contributed by atoms with Crippen LogP contribution in [-0.2, 0) is 0 Å². The van der Waals surface area contributed by atoms with Crippen molar-refractivity contribution in [1.82, 2.24) is 4.98 Å². The molecule has 4 nitrogen and oxygen atoms in total. The van der Waals surface area contributed by atoms with E-state index in [0.717, 1.165) is 0 Å². The summed E-state index contributed by atoms with van der Waals surface area (Å²) < 4.78 is 5.05. The van der Waals surface area contributed by atoms with Crippen molar-refractivity contribution in [3.05, 3.63) is 28.6 Å². The Morgan fingerprint density at radius 1 is 1.50 bits per heavy atom. The van der Waals surface area contributed by atoms with Crippen molar-refractivity contribution in [2.45, 2.75) is 0 Å². The number of carboxylic acid groups (broad SMARTS) is 1. The molecule has 1 aromatic carbocycles. The molecule has 0 aliphatic carbocycles. The van der Waals surface area contributed by atoms with Gasteiger partial charge in [0.1, 0.15) is 0 Å². The number of benzene rings is 1. The average Bonchev–Trinajstić information content (AvgIpc) is 2.43.